The fourth-order valence-electron chi connectivity index (χ4n) is 3.20. The maximum absolute atomic E-state index is 4.86. The number of hydrogen-bond donors (Lipinski definition) is 2. The normalized spacial score (nSPS) is 15.3. The van der Waals surface area contributed by atoms with Gasteiger partial charge in [-0.15, -0.1) is 15.3 Å². The van der Waals surface area contributed by atoms with Crippen LogP contribution >= 0.6 is 0 Å². The van der Waals surface area contributed by atoms with E-state index in [1.807, 2.05) is 19.1 Å². The Balaban J connectivity index is 1.77. The number of H-pyrrole nitrogens is 1. The van der Waals surface area contributed by atoms with Crippen molar-refractivity contribution < 1.29 is 0 Å². The first kappa shape index (κ1) is 14.2. The summed E-state index contributed by atoms with van der Waals surface area (Å²) in [5.41, 5.74) is 4.19. The number of rotatable bonds is 2. The zero-order valence-corrected chi connectivity index (χ0v) is 13.5. The van der Waals surface area contributed by atoms with Gasteiger partial charge in [0.1, 0.15) is 0 Å². The van der Waals surface area contributed by atoms with E-state index in [2.05, 4.69) is 46.4 Å². The summed E-state index contributed by atoms with van der Waals surface area (Å²) in [6.07, 6.45) is 0. The van der Waals surface area contributed by atoms with Crippen molar-refractivity contribution >= 4 is 22.5 Å². The number of aromatic amines is 1. The molecular weight excluding hydrogens is 322 g/mol. The van der Waals surface area contributed by atoms with Crippen LogP contribution in [0.15, 0.2) is 12.1 Å². The van der Waals surface area contributed by atoms with Crippen LogP contribution in [0.1, 0.15) is 5.56 Å². The Hall–Kier alpha value is -3.21. The number of aromatic nitrogens is 9. The fraction of sp³-hybridized carbons (Fsp3) is 0.357. The largest absolute Gasteiger partial charge is 0.351 e. The molecular formula is C14H15N11. The molecule has 0 aliphatic carbocycles. The Morgan fingerprint density at radius 2 is 2.00 bits per heavy atom. The topological polar surface area (TPSA) is 126 Å². The first-order valence-electron chi connectivity index (χ1n) is 8.03. The summed E-state index contributed by atoms with van der Waals surface area (Å²) in [6, 6.07) is 3.96. The van der Waals surface area contributed by atoms with Crippen LogP contribution in [0, 0.1) is 6.92 Å². The number of hydrogen-bond acceptors (Lipinski definition) is 9. The molecule has 4 heterocycles. The average Bonchev–Trinajstić information content (AvgIpc) is 3.33. The third kappa shape index (κ3) is 2.20. The van der Waals surface area contributed by atoms with E-state index in [9.17, 15) is 0 Å². The van der Waals surface area contributed by atoms with Crippen molar-refractivity contribution in [3.8, 4) is 11.4 Å². The quantitative estimate of drug-likeness (QED) is 0.501. The highest BCUT2D eigenvalue weighted by Crippen LogP contribution is 2.28. The molecule has 1 saturated heterocycles. The molecule has 11 nitrogen and oxygen atoms in total. The van der Waals surface area contributed by atoms with E-state index in [0.717, 1.165) is 54.2 Å². The Morgan fingerprint density at radius 3 is 2.80 bits per heavy atom. The molecule has 5 rings (SSSR count). The number of nitrogens with one attached hydrogen (secondary N) is 2. The smallest absolute Gasteiger partial charge is 0.222 e. The molecule has 25 heavy (non-hydrogen) atoms. The van der Waals surface area contributed by atoms with Crippen molar-refractivity contribution in [2.75, 3.05) is 31.1 Å². The summed E-state index contributed by atoms with van der Waals surface area (Å²) < 4.78 is 1.74. The van der Waals surface area contributed by atoms with E-state index in [0.29, 0.717) is 11.5 Å². The van der Waals surface area contributed by atoms with E-state index >= 15 is 0 Å². The van der Waals surface area contributed by atoms with Gasteiger partial charge in [0.05, 0.1) is 11.0 Å². The first-order chi connectivity index (χ1) is 12.3. The van der Waals surface area contributed by atoms with Gasteiger partial charge in [-0.1, -0.05) is 0 Å². The lowest BCUT2D eigenvalue weighted by Crippen LogP contribution is -2.44. The molecule has 0 saturated carbocycles. The SMILES string of the molecule is Cc1cc2c(cc1-c1nn[nH]n1)nc(N1CCNCC1)c1nnnn12. The van der Waals surface area contributed by atoms with Gasteiger partial charge in [-0.05, 0) is 40.3 Å². The summed E-state index contributed by atoms with van der Waals surface area (Å²) in [7, 11) is 0. The fourth-order valence-corrected chi connectivity index (χ4v) is 3.20. The number of benzene rings is 1. The molecule has 0 amide bonds. The average molecular weight is 337 g/mol. The van der Waals surface area contributed by atoms with Crippen molar-refractivity contribution in [2.24, 2.45) is 0 Å². The predicted octanol–water partition coefficient (Wildman–Crippen LogP) is -0.429. The molecule has 1 aliphatic rings. The maximum Gasteiger partial charge on any atom is 0.222 e. The van der Waals surface area contributed by atoms with E-state index in [4.69, 9.17) is 4.98 Å². The highest BCUT2D eigenvalue weighted by molar-refractivity contribution is 5.87. The molecule has 3 aromatic heterocycles. The van der Waals surface area contributed by atoms with Crippen molar-refractivity contribution in [1.82, 2.24) is 51.0 Å². The second-order valence-corrected chi connectivity index (χ2v) is 5.98. The number of piperazine rings is 1. The summed E-state index contributed by atoms with van der Waals surface area (Å²) >= 11 is 0. The van der Waals surface area contributed by atoms with Crippen LogP contribution in [0.2, 0.25) is 0 Å². The van der Waals surface area contributed by atoms with Gasteiger partial charge in [0, 0.05) is 31.7 Å². The Morgan fingerprint density at radius 1 is 1.12 bits per heavy atom. The Bertz CT molecular complexity index is 1050. The van der Waals surface area contributed by atoms with Crippen LogP contribution in [0.25, 0.3) is 28.1 Å². The Labute approximate surface area is 141 Å². The van der Waals surface area contributed by atoms with Gasteiger partial charge in [0.2, 0.25) is 11.5 Å². The van der Waals surface area contributed by atoms with E-state index in [1.165, 1.54) is 0 Å². The lowest BCUT2D eigenvalue weighted by molar-refractivity contribution is 0.586. The lowest BCUT2D eigenvalue weighted by Gasteiger charge is -2.28. The van der Waals surface area contributed by atoms with Gasteiger partial charge in [-0.3, -0.25) is 0 Å². The minimum Gasteiger partial charge on any atom is -0.351 e. The summed E-state index contributed by atoms with van der Waals surface area (Å²) in [4.78, 5) is 7.06. The number of aryl methyl sites for hydroxylation is 1. The van der Waals surface area contributed by atoms with Gasteiger partial charge in [0.25, 0.3) is 0 Å². The van der Waals surface area contributed by atoms with Crippen LogP contribution in [-0.4, -0.2) is 71.8 Å². The zero-order chi connectivity index (χ0) is 16.8. The molecule has 0 radical (unpaired) electrons. The van der Waals surface area contributed by atoms with Crippen LogP contribution in [0.5, 0.6) is 0 Å². The van der Waals surface area contributed by atoms with Gasteiger partial charge in [-0.2, -0.15) is 9.73 Å². The number of tetrazole rings is 2. The van der Waals surface area contributed by atoms with E-state index in [-0.39, 0.29) is 0 Å². The molecule has 0 unspecified atom stereocenters. The second-order valence-electron chi connectivity index (χ2n) is 5.98. The molecule has 4 aromatic rings. The molecule has 0 bridgehead atoms. The molecule has 11 heteroatoms. The second kappa shape index (κ2) is 5.41. The van der Waals surface area contributed by atoms with Crippen molar-refractivity contribution in [1.29, 1.82) is 0 Å². The number of fused-ring (bicyclic) bond motifs is 3. The third-order valence-corrected chi connectivity index (χ3v) is 4.45. The van der Waals surface area contributed by atoms with Crippen molar-refractivity contribution in [3.05, 3.63) is 17.7 Å². The zero-order valence-electron chi connectivity index (χ0n) is 13.5. The van der Waals surface area contributed by atoms with Crippen molar-refractivity contribution in [3.63, 3.8) is 0 Å². The molecule has 126 valence electrons. The first-order valence-corrected chi connectivity index (χ1v) is 8.03. The van der Waals surface area contributed by atoms with Crippen LogP contribution in [-0.2, 0) is 0 Å². The molecule has 1 aromatic carbocycles. The van der Waals surface area contributed by atoms with E-state index in [1.54, 1.807) is 4.52 Å². The van der Waals surface area contributed by atoms with Crippen molar-refractivity contribution in [2.45, 2.75) is 6.92 Å². The highest BCUT2D eigenvalue weighted by atomic mass is 15.5. The minimum absolute atomic E-state index is 0.543. The van der Waals surface area contributed by atoms with Crippen LogP contribution < -0.4 is 10.2 Å². The molecule has 1 aliphatic heterocycles. The monoisotopic (exact) mass is 337 g/mol. The lowest BCUT2D eigenvalue weighted by atomic mass is 10.1. The number of nitrogens with zero attached hydrogens (tertiary/aromatic N) is 9. The summed E-state index contributed by atoms with van der Waals surface area (Å²) in [6.45, 7) is 5.55. The third-order valence-electron chi connectivity index (χ3n) is 4.45. The molecule has 0 spiro atoms. The standard InChI is InChI=1S/C14H15N11/c1-8-6-11-10(7-9(8)12-17-20-21-18-12)16-13(14-19-22-23-25(11)14)24-4-2-15-3-5-24/h6-7,15H,2-5H2,1H3,(H,17,18,20,21). The van der Waals surface area contributed by atoms with Gasteiger partial charge in [-0.25, -0.2) is 4.98 Å². The van der Waals surface area contributed by atoms with Gasteiger partial charge >= 0.3 is 0 Å². The predicted molar refractivity (Wildman–Crippen MR) is 89.1 cm³/mol. The minimum atomic E-state index is 0.543. The van der Waals surface area contributed by atoms with Gasteiger partial charge < -0.3 is 10.2 Å². The molecule has 1 fully saturated rings. The summed E-state index contributed by atoms with van der Waals surface area (Å²) in [5, 5.41) is 29.8. The Kier molecular flexibility index (Phi) is 3.06. The van der Waals surface area contributed by atoms with Gasteiger partial charge in [0.15, 0.2) is 5.82 Å². The van der Waals surface area contributed by atoms with E-state index < -0.39 is 0 Å². The summed E-state index contributed by atoms with van der Waals surface area (Å²) in [5.74, 6) is 1.34. The van der Waals surface area contributed by atoms with Crippen LogP contribution in [0.3, 0.4) is 0 Å². The number of anilines is 1. The molecule has 2 N–H and O–H groups in total. The maximum atomic E-state index is 4.86. The highest BCUT2D eigenvalue weighted by Gasteiger charge is 2.20. The van der Waals surface area contributed by atoms with Crippen LogP contribution in [0.4, 0.5) is 5.82 Å². The molecule has 0 atom stereocenters.